The van der Waals surface area contributed by atoms with E-state index in [1.54, 1.807) is 30.3 Å². The van der Waals surface area contributed by atoms with Crippen molar-refractivity contribution in [3.63, 3.8) is 0 Å². The molecule has 0 bridgehead atoms. The standard InChI is InChI=1S/C20H23N3O4/c1-2-27-17-9-6-15(7-10-17)21-20(24)18-14-16(23(25)26)8-11-19(18)22-12-4-3-5-13-22/h6-11,14H,2-5,12-13H2,1H3,(H,21,24). The minimum Gasteiger partial charge on any atom is -0.494 e. The van der Waals surface area contributed by atoms with Crippen LogP contribution < -0.4 is 15.0 Å². The van der Waals surface area contributed by atoms with Gasteiger partial charge in [0.25, 0.3) is 11.6 Å². The van der Waals surface area contributed by atoms with E-state index in [9.17, 15) is 14.9 Å². The zero-order chi connectivity index (χ0) is 19.2. The van der Waals surface area contributed by atoms with Gasteiger partial charge in [-0.15, -0.1) is 0 Å². The van der Waals surface area contributed by atoms with Crippen LogP contribution >= 0.6 is 0 Å². The molecule has 0 radical (unpaired) electrons. The van der Waals surface area contributed by atoms with E-state index in [0.29, 0.717) is 17.9 Å². The molecule has 142 valence electrons. The summed E-state index contributed by atoms with van der Waals surface area (Å²) in [6.45, 7) is 4.17. The Bertz CT molecular complexity index is 814. The number of nitro benzene ring substituents is 1. The molecule has 1 aliphatic heterocycles. The first-order chi connectivity index (χ1) is 13.1. The SMILES string of the molecule is CCOc1ccc(NC(=O)c2cc([N+](=O)[O-])ccc2N2CCCCC2)cc1. The zero-order valence-corrected chi connectivity index (χ0v) is 15.3. The summed E-state index contributed by atoms with van der Waals surface area (Å²) in [6, 6.07) is 11.5. The fourth-order valence-corrected chi connectivity index (χ4v) is 3.23. The summed E-state index contributed by atoms with van der Waals surface area (Å²) in [7, 11) is 0. The van der Waals surface area contributed by atoms with Crippen molar-refractivity contribution in [2.45, 2.75) is 26.2 Å². The Balaban J connectivity index is 1.86. The number of nitrogens with one attached hydrogen (secondary N) is 1. The van der Waals surface area contributed by atoms with Gasteiger partial charge >= 0.3 is 0 Å². The molecule has 0 atom stereocenters. The molecular formula is C20H23N3O4. The number of benzene rings is 2. The van der Waals surface area contributed by atoms with Crippen molar-refractivity contribution in [3.8, 4) is 5.75 Å². The molecule has 0 spiro atoms. The number of hydrogen-bond donors (Lipinski definition) is 1. The van der Waals surface area contributed by atoms with Crippen LogP contribution in [0.1, 0.15) is 36.5 Å². The van der Waals surface area contributed by atoms with Crippen molar-refractivity contribution in [3.05, 3.63) is 58.1 Å². The van der Waals surface area contributed by atoms with E-state index in [4.69, 9.17) is 4.74 Å². The quantitative estimate of drug-likeness (QED) is 0.608. The van der Waals surface area contributed by atoms with Gasteiger partial charge in [0.2, 0.25) is 0 Å². The molecule has 2 aromatic rings. The van der Waals surface area contributed by atoms with Crippen molar-refractivity contribution in [1.29, 1.82) is 0 Å². The lowest BCUT2D eigenvalue weighted by molar-refractivity contribution is -0.384. The van der Waals surface area contributed by atoms with E-state index < -0.39 is 4.92 Å². The van der Waals surface area contributed by atoms with Crippen molar-refractivity contribution < 1.29 is 14.5 Å². The van der Waals surface area contributed by atoms with Crippen LogP contribution in [-0.4, -0.2) is 30.5 Å². The lowest BCUT2D eigenvalue weighted by atomic mass is 10.1. The Kier molecular flexibility index (Phi) is 5.90. The van der Waals surface area contributed by atoms with Gasteiger partial charge in [0, 0.05) is 30.9 Å². The predicted molar refractivity (Wildman–Crippen MR) is 105 cm³/mol. The van der Waals surface area contributed by atoms with Gasteiger partial charge in [0.1, 0.15) is 5.75 Å². The summed E-state index contributed by atoms with van der Waals surface area (Å²) >= 11 is 0. The average Bonchev–Trinajstić information content (AvgIpc) is 2.70. The number of carbonyl (C=O) groups is 1. The Morgan fingerprint density at radius 3 is 2.48 bits per heavy atom. The molecule has 1 amide bonds. The molecule has 2 aromatic carbocycles. The highest BCUT2D eigenvalue weighted by Crippen LogP contribution is 2.29. The number of piperidine rings is 1. The summed E-state index contributed by atoms with van der Waals surface area (Å²) in [5.74, 6) is 0.364. The molecule has 27 heavy (non-hydrogen) atoms. The maximum absolute atomic E-state index is 12.9. The highest BCUT2D eigenvalue weighted by atomic mass is 16.6. The third-order valence-electron chi connectivity index (χ3n) is 4.56. The number of carbonyl (C=O) groups excluding carboxylic acids is 1. The molecule has 0 aromatic heterocycles. The van der Waals surface area contributed by atoms with E-state index in [1.807, 2.05) is 6.92 Å². The second-order valence-electron chi connectivity index (χ2n) is 6.42. The van der Waals surface area contributed by atoms with Gasteiger partial charge in [-0.25, -0.2) is 0 Å². The molecule has 7 heteroatoms. The minimum absolute atomic E-state index is 0.0902. The van der Waals surface area contributed by atoms with Gasteiger partial charge in [-0.05, 0) is 56.5 Å². The van der Waals surface area contributed by atoms with Gasteiger partial charge in [0.05, 0.1) is 22.8 Å². The second kappa shape index (κ2) is 8.53. The summed E-state index contributed by atoms with van der Waals surface area (Å²) in [6.07, 6.45) is 3.27. The molecule has 7 nitrogen and oxygen atoms in total. The molecule has 0 saturated carbocycles. The Morgan fingerprint density at radius 2 is 1.85 bits per heavy atom. The zero-order valence-electron chi connectivity index (χ0n) is 15.3. The first-order valence-electron chi connectivity index (χ1n) is 9.16. The number of rotatable bonds is 6. The van der Waals surface area contributed by atoms with Crippen LogP contribution in [0.5, 0.6) is 5.75 Å². The lowest BCUT2D eigenvalue weighted by Gasteiger charge is -2.30. The van der Waals surface area contributed by atoms with Gasteiger partial charge in [0.15, 0.2) is 0 Å². The van der Waals surface area contributed by atoms with Crippen LogP contribution in [0.25, 0.3) is 0 Å². The summed E-state index contributed by atoms with van der Waals surface area (Å²) < 4.78 is 5.40. The van der Waals surface area contributed by atoms with E-state index in [0.717, 1.165) is 43.8 Å². The Morgan fingerprint density at radius 1 is 1.15 bits per heavy atom. The topological polar surface area (TPSA) is 84.7 Å². The first kappa shape index (κ1) is 18.7. The van der Waals surface area contributed by atoms with Gasteiger partial charge in [-0.2, -0.15) is 0 Å². The predicted octanol–water partition coefficient (Wildman–Crippen LogP) is 4.24. The molecule has 1 N–H and O–H groups in total. The molecule has 1 fully saturated rings. The van der Waals surface area contributed by atoms with Gasteiger partial charge in [-0.1, -0.05) is 0 Å². The Labute approximate surface area is 158 Å². The summed E-state index contributed by atoms with van der Waals surface area (Å²) in [5.41, 5.74) is 1.58. The fraction of sp³-hybridized carbons (Fsp3) is 0.350. The van der Waals surface area contributed by atoms with Gasteiger partial charge < -0.3 is 15.0 Å². The van der Waals surface area contributed by atoms with Crippen LogP contribution in [-0.2, 0) is 0 Å². The molecule has 1 heterocycles. The van der Waals surface area contributed by atoms with Crippen molar-refractivity contribution in [1.82, 2.24) is 0 Å². The highest BCUT2D eigenvalue weighted by molar-refractivity contribution is 6.08. The van der Waals surface area contributed by atoms with Gasteiger partial charge in [-0.3, -0.25) is 14.9 Å². The third kappa shape index (κ3) is 4.55. The molecule has 1 saturated heterocycles. The van der Waals surface area contributed by atoms with E-state index in [-0.39, 0.29) is 11.6 Å². The normalized spacial score (nSPS) is 13.9. The number of hydrogen-bond acceptors (Lipinski definition) is 5. The second-order valence-corrected chi connectivity index (χ2v) is 6.42. The molecule has 0 unspecified atom stereocenters. The maximum Gasteiger partial charge on any atom is 0.270 e. The van der Waals surface area contributed by atoms with E-state index in [1.165, 1.54) is 12.1 Å². The third-order valence-corrected chi connectivity index (χ3v) is 4.56. The smallest absolute Gasteiger partial charge is 0.270 e. The van der Waals surface area contributed by atoms with Crippen molar-refractivity contribution >= 4 is 23.0 Å². The van der Waals surface area contributed by atoms with E-state index in [2.05, 4.69) is 10.2 Å². The number of ether oxygens (including phenoxy) is 1. The maximum atomic E-state index is 12.9. The average molecular weight is 369 g/mol. The first-order valence-corrected chi connectivity index (χ1v) is 9.16. The van der Waals surface area contributed by atoms with Crippen molar-refractivity contribution in [2.75, 3.05) is 29.9 Å². The molecular weight excluding hydrogens is 346 g/mol. The molecule has 0 aliphatic carbocycles. The van der Waals surface area contributed by atoms with Crippen LogP contribution in [0.3, 0.4) is 0 Å². The van der Waals surface area contributed by atoms with Crippen LogP contribution in [0, 0.1) is 10.1 Å². The number of nitro groups is 1. The van der Waals surface area contributed by atoms with Crippen LogP contribution in [0.15, 0.2) is 42.5 Å². The van der Waals surface area contributed by atoms with Crippen LogP contribution in [0.4, 0.5) is 17.1 Å². The number of non-ortho nitro benzene ring substituents is 1. The lowest BCUT2D eigenvalue weighted by Crippen LogP contribution is -2.31. The molecule has 3 rings (SSSR count). The van der Waals surface area contributed by atoms with Crippen molar-refractivity contribution in [2.24, 2.45) is 0 Å². The number of amides is 1. The number of anilines is 2. The monoisotopic (exact) mass is 369 g/mol. The minimum atomic E-state index is -0.479. The largest absolute Gasteiger partial charge is 0.494 e. The highest BCUT2D eigenvalue weighted by Gasteiger charge is 2.22. The summed E-state index contributed by atoms with van der Waals surface area (Å²) in [4.78, 5) is 25.7. The fourth-order valence-electron chi connectivity index (χ4n) is 3.23. The summed E-state index contributed by atoms with van der Waals surface area (Å²) in [5, 5.41) is 14.0. The molecule has 1 aliphatic rings. The number of nitrogens with zero attached hydrogens (tertiary/aromatic N) is 2. The van der Waals surface area contributed by atoms with Crippen LogP contribution in [0.2, 0.25) is 0 Å². The van der Waals surface area contributed by atoms with E-state index >= 15 is 0 Å². The Hall–Kier alpha value is -3.09.